The minimum absolute atomic E-state index is 0.0316. The molecule has 1 aromatic carbocycles. The van der Waals surface area contributed by atoms with Crippen molar-refractivity contribution in [1.82, 2.24) is 4.90 Å². The van der Waals surface area contributed by atoms with E-state index in [2.05, 4.69) is 0 Å². The molecule has 0 atom stereocenters. The van der Waals surface area contributed by atoms with Gasteiger partial charge in [-0.3, -0.25) is 14.9 Å². The molecule has 1 aromatic rings. The molecule has 1 amide bonds. The number of carbonyl (C=O) groups excluding carboxylic acids is 2. The van der Waals surface area contributed by atoms with E-state index in [1.54, 1.807) is 25.1 Å². The van der Waals surface area contributed by atoms with Crippen LogP contribution >= 0.6 is 0 Å². The number of nitrogens with zero attached hydrogens (tertiary/aromatic N) is 3. The van der Waals surface area contributed by atoms with Gasteiger partial charge in [0.25, 0.3) is 5.69 Å². The van der Waals surface area contributed by atoms with Gasteiger partial charge in [0.1, 0.15) is 0 Å². The predicted molar refractivity (Wildman–Crippen MR) is 88.1 cm³/mol. The first-order chi connectivity index (χ1) is 11.3. The van der Waals surface area contributed by atoms with Crippen molar-refractivity contribution < 1.29 is 19.2 Å². The summed E-state index contributed by atoms with van der Waals surface area (Å²) in [6.45, 7) is 1.21. The zero-order valence-electron chi connectivity index (χ0n) is 14.0. The van der Waals surface area contributed by atoms with E-state index in [9.17, 15) is 19.7 Å². The van der Waals surface area contributed by atoms with Crippen LogP contribution < -0.4 is 4.90 Å². The molecule has 1 fully saturated rings. The smallest absolute Gasteiger partial charge is 0.340 e. The average Bonchev–Trinajstić information content (AvgIpc) is 2.59. The molecule has 0 bridgehead atoms. The highest BCUT2D eigenvalue weighted by molar-refractivity contribution is 5.96. The van der Waals surface area contributed by atoms with Crippen molar-refractivity contribution in [3.05, 3.63) is 33.9 Å². The van der Waals surface area contributed by atoms with E-state index in [4.69, 9.17) is 4.74 Å². The molecule has 130 valence electrons. The number of anilines is 1. The van der Waals surface area contributed by atoms with Crippen LogP contribution in [-0.2, 0) is 9.53 Å². The molecule has 0 N–H and O–H groups in total. The molecule has 1 heterocycles. The third-order valence-electron chi connectivity index (χ3n) is 4.22. The molecule has 0 unspecified atom stereocenters. The summed E-state index contributed by atoms with van der Waals surface area (Å²) in [6.07, 6.45) is 1.35. The van der Waals surface area contributed by atoms with Gasteiger partial charge in [-0.25, -0.2) is 4.79 Å². The number of carbonyl (C=O) groups is 2. The van der Waals surface area contributed by atoms with Crippen LogP contribution in [0.3, 0.4) is 0 Å². The normalized spacial score (nSPS) is 15.0. The van der Waals surface area contributed by atoms with Gasteiger partial charge in [-0.15, -0.1) is 0 Å². The lowest BCUT2D eigenvalue weighted by molar-refractivity contribution is -0.384. The van der Waals surface area contributed by atoms with Crippen LogP contribution in [0.5, 0.6) is 0 Å². The van der Waals surface area contributed by atoms with Gasteiger partial charge >= 0.3 is 5.97 Å². The maximum atomic E-state index is 12.0. The van der Waals surface area contributed by atoms with Crippen LogP contribution in [0, 0.1) is 16.0 Å². The van der Waals surface area contributed by atoms with E-state index in [0.717, 1.165) is 0 Å². The molecular formula is C16H21N3O5. The lowest BCUT2D eigenvalue weighted by Crippen LogP contribution is -2.40. The van der Waals surface area contributed by atoms with Crippen molar-refractivity contribution in [2.45, 2.75) is 12.8 Å². The number of rotatable bonds is 4. The monoisotopic (exact) mass is 335 g/mol. The van der Waals surface area contributed by atoms with Gasteiger partial charge in [-0.05, 0) is 18.9 Å². The van der Waals surface area contributed by atoms with E-state index in [0.29, 0.717) is 31.6 Å². The summed E-state index contributed by atoms with van der Waals surface area (Å²) in [5.74, 6) is -0.539. The standard InChI is InChI=1S/C16H21N3O5/c1-17(2)15(20)11-6-8-18(9-7-11)14-5-4-12(19(22)23)10-13(14)16(21)24-3/h4-5,10-11H,6-9H2,1-3H3. The Morgan fingerprint density at radius 1 is 1.29 bits per heavy atom. The van der Waals surface area contributed by atoms with Crippen LogP contribution in [0.1, 0.15) is 23.2 Å². The highest BCUT2D eigenvalue weighted by Gasteiger charge is 2.28. The number of benzene rings is 1. The van der Waals surface area contributed by atoms with Crippen molar-refractivity contribution in [3.8, 4) is 0 Å². The van der Waals surface area contributed by atoms with Crippen LogP contribution in [0.25, 0.3) is 0 Å². The fourth-order valence-electron chi connectivity index (χ4n) is 2.92. The summed E-state index contributed by atoms with van der Waals surface area (Å²) in [5, 5.41) is 10.9. The molecule has 2 rings (SSSR count). The van der Waals surface area contributed by atoms with E-state index >= 15 is 0 Å². The second-order valence-electron chi connectivity index (χ2n) is 5.94. The molecule has 1 aliphatic heterocycles. The highest BCUT2D eigenvalue weighted by atomic mass is 16.6. The van der Waals surface area contributed by atoms with E-state index < -0.39 is 10.9 Å². The van der Waals surface area contributed by atoms with Gasteiger partial charge in [0.2, 0.25) is 5.91 Å². The third kappa shape index (κ3) is 3.64. The average molecular weight is 335 g/mol. The number of hydrogen-bond donors (Lipinski definition) is 0. The molecular weight excluding hydrogens is 314 g/mol. The second-order valence-corrected chi connectivity index (χ2v) is 5.94. The number of nitro benzene ring substituents is 1. The lowest BCUT2D eigenvalue weighted by Gasteiger charge is -2.34. The Morgan fingerprint density at radius 2 is 1.92 bits per heavy atom. The molecule has 1 saturated heterocycles. The molecule has 0 spiro atoms. The van der Waals surface area contributed by atoms with Gasteiger partial charge in [-0.2, -0.15) is 0 Å². The lowest BCUT2D eigenvalue weighted by atomic mass is 9.94. The Hall–Kier alpha value is -2.64. The third-order valence-corrected chi connectivity index (χ3v) is 4.22. The molecule has 1 aliphatic rings. The van der Waals surface area contributed by atoms with Crippen molar-refractivity contribution in [2.75, 3.05) is 39.2 Å². The first-order valence-corrected chi connectivity index (χ1v) is 7.68. The first kappa shape index (κ1) is 17.7. The highest BCUT2D eigenvalue weighted by Crippen LogP contribution is 2.30. The van der Waals surface area contributed by atoms with Gasteiger partial charge in [0.05, 0.1) is 23.3 Å². The fraction of sp³-hybridized carbons (Fsp3) is 0.500. The number of amides is 1. The van der Waals surface area contributed by atoms with Gasteiger partial charge in [0.15, 0.2) is 0 Å². The number of non-ortho nitro benzene ring substituents is 1. The number of esters is 1. The largest absolute Gasteiger partial charge is 0.465 e. The SMILES string of the molecule is COC(=O)c1cc([N+](=O)[O-])ccc1N1CCC(C(=O)N(C)C)CC1. The number of piperidine rings is 1. The van der Waals surface area contributed by atoms with E-state index in [-0.39, 0.29) is 23.1 Å². The second kappa shape index (κ2) is 7.29. The Morgan fingerprint density at radius 3 is 2.42 bits per heavy atom. The molecule has 8 nitrogen and oxygen atoms in total. The predicted octanol–water partition coefficient (Wildman–Crippen LogP) is 1.69. The topological polar surface area (TPSA) is 93.0 Å². The molecule has 0 saturated carbocycles. The van der Waals surface area contributed by atoms with Crippen LogP contribution in [0.15, 0.2) is 18.2 Å². The summed E-state index contributed by atoms with van der Waals surface area (Å²) in [6, 6.07) is 4.18. The van der Waals surface area contributed by atoms with E-state index in [1.165, 1.54) is 19.2 Å². The van der Waals surface area contributed by atoms with Crippen LogP contribution in [0.2, 0.25) is 0 Å². The van der Waals surface area contributed by atoms with Crippen molar-refractivity contribution in [1.29, 1.82) is 0 Å². The molecule has 0 aliphatic carbocycles. The molecule has 8 heteroatoms. The number of hydrogen-bond acceptors (Lipinski definition) is 6. The number of methoxy groups -OCH3 is 1. The minimum atomic E-state index is -0.611. The maximum Gasteiger partial charge on any atom is 0.340 e. The zero-order chi connectivity index (χ0) is 17.9. The van der Waals surface area contributed by atoms with Gasteiger partial charge < -0.3 is 14.5 Å². The molecule has 0 radical (unpaired) electrons. The Labute approximate surface area is 140 Å². The van der Waals surface area contributed by atoms with Crippen LogP contribution in [-0.4, -0.2) is 56.0 Å². The number of ether oxygens (including phenoxy) is 1. The zero-order valence-corrected chi connectivity index (χ0v) is 14.0. The summed E-state index contributed by atoms with van der Waals surface area (Å²) in [5.41, 5.74) is 0.615. The summed E-state index contributed by atoms with van der Waals surface area (Å²) < 4.78 is 4.74. The fourth-order valence-corrected chi connectivity index (χ4v) is 2.92. The van der Waals surface area contributed by atoms with Crippen LogP contribution in [0.4, 0.5) is 11.4 Å². The van der Waals surface area contributed by atoms with Crippen molar-refractivity contribution in [2.24, 2.45) is 5.92 Å². The molecule has 0 aromatic heterocycles. The summed E-state index contributed by atoms with van der Waals surface area (Å²) in [7, 11) is 4.72. The molecule has 24 heavy (non-hydrogen) atoms. The van der Waals surface area contributed by atoms with Gasteiger partial charge in [-0.1, -0.05) is 0 Å². The minimum Gasteiger partial charge on any atom is -0.465 e. The van der Waals surface area contributed by atoms with Crippen molar-refractivity contribution in [3.63, 3.8) is 0 Å². The van der Waals surface area contributed by atoms with Crippen molar-refractivity contribution >= 4 is 23.3 Å². The van der Waals surface area contributed by atoms with E-state index in [1.807, 2.05) is 4.90 Å². The Kier molecular flexibility index (Phi) is 5.38. The van der Waals surface area contributed by atoms with Gasteiger partial charge in [0, 0.05) is 45.2 Å². The summed E-state index contributed by atoms with van der Waals surface area (Å²) in [4.78, 5) is 38.0. The first-order valence-electron chi connectivity index (χ1n) is 7.68. The number of nitro groups is 1. The maximum absolute atomic E-state index is 12.0. The Balaban J connectivity index is 2.22. The Bertz CT molecular complexity index is 651. The quantitative estimate of drug-likeness (QED) is 0.472. The summed E-state index contributed by atoms with van der Waals surface area (Å²) >= 11 is 0.